The second kappa shape index (κ2) is 8.21. The van der Waals surface area contributed by atoms with Gasteiger partial charge in [0, 0.05) is 17.5 Å². The first kappa shape index (κ1) is 16.1. The zero-order valence-electron chi connectivity index (χ0n) is 12.9. The highest BCUT2D eigenvalue weighted by molar-refractivity contribution is 6.30. The van der Waals surface area contributed by atoms with E-state index in [0.29, 0.717) is 5.92 Å². The molecule has 0 radical (unpaired) electrons. The number of aryl methyl sites for hydroxylation is 1. The maximum Gasteiger partial charge on any atom is 0.0406 e. The molecule has 1 nitrogen and oxygen atoms in total. The second-order valence-electron chi connectivity index (χ2n) is 5.43. The third-order valence-electron chi connectivity index (χ3n) is 3.90. The molecule has 0 aliphatic heterocycles. The Balaban J connectivity index is 2.13. The van der Waals surface area contributed by atoms with Crippen molar-refractivity contribution in [3.63, 3.8) is 0 Å². The first-order valence-corrected chi connectivity index (χ1v) is 8.14. The molecule has 0 aliphatic rings. The lowest BCUT2D eigenvalue weighted by atomic mass is 9.91. The van der Waals surface area contributed by atoms with Crippen molar-refractivity contribution in [2.45, 2.75) is 32.6 Å². The molecule has 1 atom stereocenters. The molecule has 0 bridgehead atoms. The van der Waals surface area contributed by atoms with E-state index in [9.17, 15) is 0 Å². The largest absolute Gasteiger partial charge is 0.316 e. The lowest BCUT2D eigenvalue weighted by Gasteiger charge is -2.18. The molecule has 0 aromatic heterocycles. The van der Waals surface area contributed by atoms with E-state index >= 15 is 0 Å². The summed E-state index contributed by atoms with van der Waals surface area (Å²) in [6.45, 7) is 6.33. The maximum absolute atomic E-state index is 6.00. The van der Waals surface area contributed by atoms with Gasteiger partial charge in [-0.3, -0.25) is 0 Å². The van der Waals surface area contributed by atoms with Crippen LogP contribution in [0.15, 0.2) is 48.5 Å². The van der Waals surface area contributed by atoms with Gasteiger partial charge in [0.1, 0.15) is 0 Å². The Hall–Kier alpha value is -1.31. The zero-order valence-corrected chi connectivity index (χ0v) is 13.7. The van der Waals surface area contributed by atoms with E-state index in [1.54, 1.807) is 0 Å². The molecule has 0 saturated carbocycles. The molecule has 0 saturated heterocycles. The SMILES string of the molecule is CCNCC(Cc1ccc(CC)cc1)c1ccc(Cl)cc1. The Morgan fingerprint density at radius 2 is 1.52 bits per heavy atom. The Morgan fingerprint density at radius 1 is 0.905 bits per heavy atom. The molecule has 21 heavy (non-hydrogen) atoms. The van der Waals surface area contributed by atoms with Gasteiger partial charge in [0.25, 0.3) is 0 Å². The Bertz CT molecular complexity index is 530. The van der Waals surface area contributed by atoms with Crippen molar-refractivity contribution in [3.05, 3.63) is 70.2 Å². The topological polar surface area (TPSA) is 12.0 Å². The molecular weight excluding hydrogens is 278 g/mol. The smallest absolute Gasteiger partial charge is 0.0406 e. The van der Waals surface area contributed by atoms with E-state index < -0.39 is 0 Å². The molecule has 1 N–H and O–H groups in total. The Kier molecular flexibility index (Phi) is 6.28. The summed E-state index contributed by atoms with van der Waals surface area (Å²) < 4.78 is 0. The van der Waals surface area contributed by atoms with Crippen LogP contribution < -0.4 is 5.32 Å². The van der Waals surface area contributed by atoms with Gasteiger partial charge in [-0.05, 0) is 48.2 Å². The van der Waals surface area contributed by atoms with Crippen LogP contribution in [0.3, 0.4) is 0 Å². The molecule has 112 valence electrons. The maximum atomic E-state index is 6.00. The quantitative estimate of drug-likeness (QED) is 0.772. The third-order valence-corrected chi connectivity index (χ3v) is 4.15. The van der Waals surface area contributed by atoms with Crippen molar-refractivity contribution in [1.29, 1.82) is 0 Å². The van der Waals surface area contributed by atoms with Crippen molar-refractivity contribution in [2.75, 3.05) is 13.1 Å². The highest BCUT2D eigenvalue weighted by Gasteiger charge is 2.12. The minimum atomic E-state index is 0.481. The van der Waals surface area contributed by atoms with Crippen LogP contribution >= 0.6 is 11.6 Å². The van der Waals surface area contributed by atoms with Crippen LogP contribution in [0.25, 0.3) is 0 Å². The van der Waals surface area contributed by atoms with E-state index in [0.717, 1.165) is 31.0 Å². The van der Waals surface area contributed by atoms with Gasteiger partial charge in [0.2, 0.25) is 0 Å². The van der Waals surface area contributed by atoms with Gasteiger partial charge < -0.3 is 5.32 Å². The van der Waals surface area contributed by atoms with Gasteiger partial charge in [0.05, 0.1) is 0 Å². The van der Waals surface area contributed by atoms with E-state index in [1.165, 1.54) is 16.7 Å². The lowest BCUT2D eigenvalue weighted by Crippen LogP contribution is -2.22. The summed E-state index contributed by atoms with van der Waals surface area (Å²) in [4.78, 5) is 0. The molecule has 2 heteroatoms. The van der Waals surface area contributed by atoms with Crippen LogP contribution in [0.5, 0.6) is 0 Å². The first-order valence-electron chi connectivity index (χ1n) is 7.77. The van der Waals surface area contributed by atoms with E-state index in [4.69, 9.17) is 11.6 Å². The number of hydrogen-bond acceptors (Lipinski definition) is 1. The summed E-state index contributed by atoms with van der Waals surface area (Å²) in [6, 6.07) is 17.2. The van der Waals surface area contributed by atoms with Gasteiger partial charge in [-0.1, -0.05) is 61.8 Å². The van der Waals surface area contributed by atoms with Crippen LogP contribution in [0.2, 0.25) is 5.02 Å². The standard InChI is InChI=1S/C19H24ClN/c1-3-15-5-7-16(8-6-15)13-18(14-21-4-2)17-9-11-19(20)12-10-17/h5-12,18,21H,3-4,13-14H2,1-2H3. The molecule has 2 aromatic carbocycles. The van der Waals surface area contributed by atoms with Gasteiger partial charge in [-0.25, -0.2) is 0 Å². The fourth-order valence-electron chi connectivity index (χ4n) is 2.56. The molecule has 2 rings (SSSR count). The number of hydrogen-bond donors (Lipinski definition) is 1. The predicted octanol–water partition coefficient (Wildman–Crippen LogP) is 4.84. The normalized spacial score (nSPS) is 12.3. The molecule has 1 unspecified atom stereocenters. The van der Waals surface area contributed by atoms with Crippen LogP contribution in [0.1, 0.15) is 36.5 Å². The van der Waals surface area contributed by atoms with E-state index in [2.05, 4.69) is 55.6 Å². The fraction of sp³-hybridized carbons (Fsp3) is 0.368. The Morgan fingerprint density at radius 3 is 2.10 bits per heavy atom. The number of likely N-dealkylation sites (N-methyl/N-ethyl adjacent to an activating group) is 1. The van der Waals surface area contributed by atoms with Gasteiger partial charge in [0.15, 0.2) is 0 Å². The van der Waals surface area contributed by atoms with Crippen LogP contribution in [0, 0.1) is 0 Å². The second-order valence-corrected chi connectivity index (χ2v) is 5.87. The number of rotatable bonds is 7. The van der Waals surface area contributed by atoms with Crippen molar-refractivity contribution < 1.29 is 0 Å². The average Bonchev–Trinajstić information content (AvgIpc) is 2.53. The van der Waals surface area contributed by atoms with Gasteiger partial charge in [-0.2, -0.15) is 0 Å². The molecule has 0 aliphatic carbocycles. The average molecular weight is 302 g/mol. The Labute approximate surface area is 133 Å². The van der Waals surface area contributed by atoms with Crippen LogP contribution in [-0.4, -0.2) is 13.1 Å². The summed E-state index contributed by atoms with van der Waals surface area (Å²) in [5, 5.41) is 4.27. The molecule has 0 spiro atoms. The number of benzene rings is 2. The minimum Gasteiger partial charge on any atom is -0.316 e. The third kappa shape index (κ3) is 4.87. The van der Waals surface area contributed by atoms with E-state index in [-0.39, 0.29) is 0 Å². The van der Waals surface area contributed by atoms with Crippen LogP contribution in [0.4, 0.5) is 0 Å². The molecule has 0 fully saturated rings. The molecular formula is C19H24ClN. The fourth-order valence-corrected chi connectivity index (χ4v) is 2.68. The van der Waals surface area contributed by atoms with Crippen LogP contribution in [-0.2, 0) is 12.8 Å². The van der Waals surface area contributed by atoms with Crippen molar-refractivity contribution >= 4 is 11.6 Å². The van der Waals surface area contributed by atoms with Crippen molar-refractivity contribution in [1.82, 2.24) is 5.32 Å². The van der Waals surface area contributed by atoms with Crippen molar-refractivity contribution in [2.24, 2.45) is 0 Å². The van der Waals surface area contributed by atoms with E-state index in [1.807, 2.05) is 12.1 Å². The summed E-state index contributed by atoms with van der Waals surface area (Å²) >= 11 is 6.00. The minimum absolute atomic E-state index is 0.481. The monoisotopic (exact) mass is 301 g/mol. The highest BCUT2D eigenvalue weighted by Crippen LogP contribution is 2.22. The highest BCUT2D eigenvalue weighted by atomic mass is 35.5. The predicted molar refractivity (Wildman–Crippen MR) is 92.3 cm³/mol. The summed E-state index contributed by atoms with van der Waals surface area (Å²) in [6.07, 6.45) is 2.15. The number of halogens is 1. The summed E-state index contributed by atoms with van der Waals surface area (Å²) in [5.41, 5.74) is 4.14. The molecule has 0 heterocycles. The number of nitrogens with one attached hydrogen (secondary N) is 1. The molecule has 0 amide bonds. The van der Waals surface area contributed by atoms with Gasteiger partial charge >= 0.3 is 0 Å². The summed E-state index contributed by atoms with van der Waals surface area (Å²) in [5.74, 6) is 0.481. The molecule has 2 aromatic rings. The van der Waals surface area contributed by atoms with Crippen molar-refractivity contribution in [3.8, 4) is 0 Å². The zero-order chi connectivity index (χ0) is 15.1. The first-order chi connectivity index (χ1) is 10.2. The van der Waals surface area contributed by atoms with Gasteiger partial charge in [-0.15, -0.1) is 0 Å². The lowest BCUT2D eigenvalue weighted by molar-refractivity contribution is 0.595. The summed E-state index contributed by atoms with van der Waals surface area (Å²) in [7, 11) is 0.